The second-order valence-electron chi connectivity index (χ2n) is 6.13. The first kappa shape index (κ1) is 21.1. The van der Waals surface area contributed by atoms with E-state index in [0.717, 1.165) is 5.75 Å². The van der Waals surface area contributed by atoms with Gasteiger partial charge < -0.3 is 10.1 Å². The number of carbonyl (C=O) groups is 2. The van der Waals surface area contributed by atoms with Crippen molar-refractivity contribution in [3.05, 3.63) is 47.6 Å². The quantitative estimate of drug-likeness (QED) is 0.711. The molecule has 0 bridgehead atoms. The summed E-state index contributed by atoms with van der Waals surface area (Å²) in [6, 6.07) is 10.5. The molecule has 0 aliphatic carbocycles. The number of halogens is 1. The number of hydrogen-bond donors (Lipinski definition) is 1. The van der Waals surface area contributed by atoms with Crippen molar-refractivity contribution in [2.45, 2.75) is 25.5 Å². The van der Waals surface area contributed by atoms with Crippen molar-refractivity contribution in [1.82, 2.24) is 9.88 Å². The molecule has 29 heavy (non-hydrogen) atoms. The molecule has 0 spiro atoms. The molecule has 1 aliphatic rings. The fraction of sp³-hybridized carbons (Fsp3) is 0.300. The molecule has 1 aromatic carbocycles. The number of ether oxygens (including phenoxy) is 1. The van der Waals surface area contributed by atoms with E-state index in [1.807, 2.05) is 13.8 Å². The van der Waals surface area contributed by atoms with Gasteiger partial charge in [-0.3, -0.25) is 14.5 Å². The Morgan fingerprint density at radius 2 is 2.03 bits per heavy atom. The van der Waals surface area contributed by atoms with Gasteiger partial charge in [0.2, 0.25) is 11.8 Å². The number of thioether (sulfide) groups is 1. The predicted octanol–water partition coefficient (Wildman–Crippen LogP) is 4.11. The molecule has 0 radical (unpaired) electrons. The van der Waals surface area contributed by atoms with Crippen molar-refractivity contribution in [3.8, 4) is 5.75 Å². The van der Waals surface area contributed by atoms with Crippen LogP contribution in [-0.2, 0) is 9.59 Å². The second-order valence-corrected chi connectivity index (χ2v) is 7.73. The van der Waals surface area contributed by atoms with Gasteiger partial charge in [0.05, 0.1) is 11.6 Å². The molecule has 1 atom stereocenters. The zero-order valence-electron chi connectivity index (χ0n) is 16.1. The summed E-state index contributed by atoms with van der Waals surface area (Å²) in [6.07, 6.45) is 1.56. The molecule has 9 heteroatoms. The maximum Gasteiger partial charge on any atom is 0.242 e. The smallest absolute Gasteiger partial charge is 0.242 e. The van der Waals surface area contributed by atoms with Crippen LogP contribution in [0.25, 0.3) is 0 Å². The van der Waals surface area contributed by atoms with E-state index in [1.165, 1.54) is 18.0 Å². The Labute approximate surface area is 178 Å². The molecular weight excluding hydrogens is 412 g/mol. The normalized spacial score (nSPS) is 17.6. The third-order valence-corrected chi connectivity index (χ3v) is 5.48. The zero-order valence-corrected chi connectivity index (χ0v) is 17.7. The lowest BCUT2D eigenvalue weighted by Crippen LogP contribution is -2.33. The molecule has 2 heterocycles. The maximum atomic E-state index is 12.7. The molecule has 3 rings (SSSR count). The van der Waals surface area contributed by atoms with Crippen molar-refractivity contribution < 1.29 is 14.3 Å². The first-order valence-electron chi connectivity index (χ1n) is 9.21. The van der Waals surface area contributed by atoms with Crippen molar-refractivity contribution in [3.63, 3.8) is 0 Å². The predicted molar refractivity (Wildman–Crippen MR) is 116 cm³/mol. The average Bonchev–Trinajstić information content (AvgIpc) is 2.99. The monoisotopic (exact) mass is 432 g/mol. The highest BCUT2D eigenvalue weighted by Gasteiger charge is 2.38. The summed E-state index contributed by atoms with van der Waals surface area (Å²) in [5.41, 5.74) is 0.653. The van der Waals surface area contributed by atoms with Crippen molar-refractivity contribution in [2.75, 3.05) is 18.5 Å². The third kappa shape index (κ3) is 5.48. The lowest BCUT2D eigenvalue weighted by molar-refractivity contribution is -0.128. The maximum absolute atomic E-state index is 12.7. The molecule has 7 nitrogen and oxygen atoms in total. The number of carbonyl (C=O) groups excluding carboxylic acids is 2. The summed E-state index contributed by atoms with van der Waals surface area (Å²) in [5.74, 6) is 0.832. The molecular formula is C20H21ClN4O3S. The Morgan fingerprint density at radius 1 is 1.28 bits per heavy atom. The van der Waals surface area contributed by atoms with E-state index >= 15 is 0 Å². The van der Waals surface area contributed by atoms with Crippen LogP contribution in [0.4, 0.5) is 11.5 Å². The summed E-state index contributed by atoms with van der Waals surface area (Å²) in [6.45, 7) is 4.82. The second kappa shape index (κ2) is 9.76. The molecule has 152 valence electrons. The number of pyridine rings is 1. The summed E-state index contributed by atoms with van der Waals surface area (Å²) in [4.78, 5) is 35.3. The highest BCUT2D eigenvalue weighted by Crippen LogP contribution is 2.31. The first-order chi connectivity index (χ1) is 14.0. The summed E-state index contributed by atoms with van der Waals surface area (Å²) >= 11 is 7.12. The van der Waals surface area contributed by atoms with Crippen LogP contribution >= 0.6 is 23.4 Å². The molecule has 1 fully saturated rings. The van der Waals surface area contributed by atoms with Crippen LogP contribution in [0.5, 0.6) is 5.75 Å². The lowest BCUT2D eigenvalue weighted by atomic mass is 10.2. The summed E-state index contributed by atoms with van der Waals surface area (Å²) < 4.78 is 5.39. The number of rotatable bonds is 7. The van der Waals surface area contributed by atoms with Gasteiger partial charge in [-0.2, -0.15) is 0 Å². The molecule has 0 saturated carbocycles. The highest BCUT2D eigenvalue weighted by atomic mass is 35.5. The Balaban J connectivity index is 1.65. The Morgan fingerprint density at radius 3 is 2.66 bits per heavy atom. The van der Waals surface area contributed by atoms with E-state index in [2.05, 4.69) is 15.3 Å². The van der Waals surface area contributed by atoms with Gasteiger partial charge in [-0.05, 0) is 50.2 Å². The van der Waals surface area contributed by atoms with Crippen molar-refractivity contribution in [2.24, 2.45) is 4.99 Å². The van der Waals surface area contributed by atoms with Crippen LogP contribution < -0.4 is 10.1 Å². The number of amides is 2. The lowest BCUT2D eigenvalue weighted by Gasteiger charge is -2.13. The average molecular weight is 433 g/mol. The van der Waals surface area contributed by atoms with E-state index in [4.69, 9.17) is 16.3 Å². The van der Waals surface area contributed by atoms with Crippen LogP contribution in [0.1, 0.15) is 20.3 Å². The number of anilines is 1. The minimum atomic E-state index is -0.524. The Kier molecular flexibility index (Phi) is 7.11. The van der Waals surface area contributed by atoms with Crippen molar-refractivity contribution in [1.29, 1.82) is 0 Å². The van der Waals surface area contributed by atoms with Crippen LogP contribution in [-0.4, -0.2) is 45.3 Å². The van der Waals surface area contributed by atoms with Crippen molar-refractivity contribution >= 4 is 51.9 Å². The minimum absolute atomic E-state index is 0.0558. The Bertz CT molecular complexity index is 903. The standard InChI is InChI=1S/C20H21ClN4O3S/c1-3-25-19(27)16(29-20(25)24-17-10-5-13(21)12-22-17)11-18(26)23-14-6-8-15(9-7-14)28-4-2/h5-10,12,16H,3-4,11H2,1-2H3,(H,23,26). The van der Waals surface area contributed by atoms with Gasteiger partial charge >= 0.3 is 0 Å². The molecule has 1 saturated heterocycles. The van der Waals surface area contributed by atoms with Crippen LogP contribution in [0, 0.1) is 0 Å². The molecule has 1 N–H and O–H groups in total. The molecule has 1 aromatic heterocycles. The van der Waals surface area contributed by atoms with Gasteiger partial charge in [0, 0.05) is 24.8 Å². The minimum Gasteiger partial charge on any atom is -0.494 e. The molecule has 1 aliphatic heterocycles. The zero-order chi connectivity index (χ0) is 20.8. The van der Waals surface area contributed by atoms with Gasteiger partial charge in [0.15, 0.2) is 11.0 Å². The molecule has 2 amide bonds. The van der Waals surface area contributed by atoms with E-state index in [1.54, 1.807) is 41.3 Å². The topological polar surface area (TPSA) is 83.9 Å². The summed E-state index contributed by atoms with van der Waals surface area (Å²) in [7, 11) is 0. The van der Waals surface area contributed by atoms with Gasteiger partial charge in [0.1, 0.15) is 11.0 Å². The van der Waals surface area contributed by atoms with E-state index in [0.29, 0.717) is 34.8 Å². The highest BCUT2D eigenvalue weighted by molar-refractivity contribution is 8.15. The number of benzene rings is 1. The number of nitrogens with zero attached hydrogens (tertiary/aromatic N) is 3. The summed E-state index contributed by atoms with van der Waals surface area (Å²) in [5, 5.41) is 3.34. The largest absolute Gasteiger partial charge is 0.494 e. The number of hydrogen-bond acceptors (Lipinski definition) is 6. The molecule has 2 aromatic rings. The van der Waals surface area contributed by atoms with Crippen LogP contribution in [0.15, 0.2) is 47.6 Å². The fourth-order valence-electron chi connectivity index (χ4n) is 2.73. The molecule has 1 unspecified atom stereocenters. The fourth-order valence-corrected chi connectivity index (χ4v) is 4.05. The third-order valence-electron chi connectivity index (χ3n) is 4.08. The van der Waals surface area contributed by atoms with Gasteiger partial charge in [-0.25, -0.2) is 9.98 Å². The van der Waals surface area contributed by atoms with E-state index < -0.39 is 5.25 Å². The number of nitrogens with one attached hydrogen (secondary N) is 1. The number of amidine groups is 1. The van der Waals surface area contributed by atoms with E-state index in [-0.39, 0.29) is 18.2 Å². The van der Waals surface area contributed by atoms with Gasteiger partial charge in [-0.15, -0.1) is 0 Å². The van der Waals surface area contributed by atoms with Crippen LogP contribution in [0.3, 0.4) is 0 Å². The Hall–Kier alpha value is -2.58. The van der Waals surface area contributed by atoms with Gasteiger partial charge in [0.25, 0.3) is 0 Å². The van der Waals surface area contributed by atoms with Gasteiger partial charge in [-0.1, -0.05) is 23.4 Å². The number of aromatic nitrogens is 1. The number of aliphatic imine (C=N–C) groups is 1. The first-order valence-corrected chi connectivity index (χ1v) is 10.5. The van der Waals surface area contributed by atoms with Crippen LogP contribution in [0.2, 0.25) is 5.02 Å². The van der Waals surface area contributed by atoms with E-state index in [9.17, 15) is 9.59 Å². The SMILES string of the molecule is CCOc1ccc(NC(=O)CC2SC(=Nc3ccc(Cl)cn3)N(CC)C2=O)cc1.